The zero-order valence-corrected chi connectivity index (χ0v) is 13.3. The number of nitrogens with zero attached hydrogens (tertiary/aromatic N) is 2. The van der Waals surface area contributed by atoms with E-state index in [4.69, 9.17) is 8.97 Å². The van der Waals surface area contributed by atoms with E-state index in [0.717, 1.165) is 0 Å². The summed E-state index contributed by atoms with van der Waals surface area (Å²) in [7, 11) is 0. The molecular weight excluding hydrogens is 332 g/mol. The maximum atomic E-state index is 11.6. The number of phenolic OH excluding ortho intramolecular Hbond substituents is 1. The third-order valence-electron chi connectivity index (χ3n) is 3.38. The van der Waals surface area contributed by atoms with Crippen LogP contribution < -0.4 is 5.63 Å². The summed E-state index contributed by atoms with van der Waals surface area (Å²) in [5.74, 6) is -0.173. The summed E-state index contributed by atoms with van der Waals surface area (Å²) in [4.78, 5) is 11.8. The fraction of sp³-hybridized carbons (Fsp3) is 0.0625. The van der Waals surface area contributed by atoms with Crippen LogP contribution in [0.15, 0.2) is 66.8 Å². The Morgan fingerprint density at radius 2 is 1.79 bits per heavy atom. The van der Waals surface area contributed by atoms with Crippen molar-refractivity contribution in [3.8, 4) is 5.75 Å². The van der Waals surface area contributed by atoms with Crippen LogP contribution in [0, 0.1) is 6.92 Å². The Hall–Kier alpha value is -2.84. The molecule has 0 fully saturated rings. The molecule has 3 rings (SSSR count). The van der Waals surface area contributed by atoms with Crippen LogP contribution in [0.25, 0.3) is 11.0 Å². The van der Waals surface area contributed by atoms with E-state index in [1.165, 1.54) is 36.4 Å². The SMILES string of the molecule is Cc1cc(=O)oc2c(N=Nc3ccc(S(=O)O)cc3)c(O)ccc12. The van der Waals surface area contributed by atoms with Gasteiger partial charge >= 0.3 is 5.63 Å². The Balaban J connectivity index is 2.07. The largest absolute Gasteiger partial charge is 0.505 e. The number of phenols is 1. The number of rotatable bonds is 3. The monoisotopic (exact) mass is 344 g/mol. The van der Waals surface area contributed by atoms with E-state index in [-0.39, 0.29) is 21.9 Å². The zero-order chi connectivity index (χ0) is 17.3. The van der Waals surface area contributed by atoms with Crippen LogP contribution in [-0.4, -0.2) is 13.9 Å². The van der Waals surface area contributed by atoms with Gasteiger partial charge in [-0.3, -0.25) is 0 Å². The predicted octanol–water partition coefficient (Wildman–Crippen LogP) is 3.80. The Labute approximate surface area is 138 Å². The molecule has 122 valence electrons. The first-order valence-electron chi connectivity index (χ1n) is 6.85. The summed E-state index contributed by atoms with van der Waals surface area (Å²) < 4.78 is 25.1. The molecule has 1 atom stereocenters. The molecule has 2 aromatic carbocycles. The normalized spacial score (nSPS) is 12.8. The Morgan fingerprint density at radius 3 is 2.46 bits per heavy atom. The van der Waals surface area contributed by atoms with E-state index in [9.17, 15) is 14.1 Å². The van der Waals surface area contributed by atoms with Crippen LogP contribution in [0.4, 0.5) is 11.4 Å². The van der Waals surface area contributed by atoms with Gasteiger partial charge in [0.15, 0.2) is 22.4 Å². The van der Waals surface area contributed by atoms with E-state index >= 15 is 0 Å². The molecular formula is C16H12N2O5S. The standard InChI is InChI=1S/C16H12N2O5S/c1-9-8-14(20)23-16-12(9)6-7-13(19)15(16)18-17-10-2-4-11(5-3-10)24(21)22/h2-8,19H,1H3,(H,21,22). The third kappa shape index (κ3) is 3.10. The summed E-state index contributed by atoms with van der Waals surface area (Å²) in [6.07, 6.45) is 0. The molecule has 0 bridgehead atoms. The number of hydrogen-bond donors (Lipinski definition) is 2. The van der Waals surface area contributed by atoms with E-state index < -0.39 is 16.7 Å². The molecule has 0 saturated carbocycles. The molecule has 0 aliphatic heterocycles. The van der Waals surface area contributed by atoms with Gasteiger partial charge in [-0.1, -0.05) is 0 Å². The van der Waals surface area contributed by atoms with Crippen molar-refractivity contribution < 1.29 is 18.3 Å². The third-order valence-corrected chi connectivity index (χ3v) is 4.05. The highest BCUT2D eigenvalue weighted by Crippen LogP contribution is 2.36. The quantitative estimate of drug-likeness (QED) is 0.426. The molecule has 2 N–H and O–H groups in total. The molecule has 1 unspecified atom stereocenters. The minimum absolute atomic E-state index is 0.0445. The molecule has 0 aliphatic rings. The average Bonchev–Trinajstić information content (AvgIpc) is 2.54. The molecule has 1 heterocycles. The maximum absolute atomic E-state index is 11.6. The van der Waals surface area contributed by atoms with E-state index in [1.54, 1.807) is 13.0 Å². The first-order valence-corrected chi connectivity index (χ1v) is 7.95. The molecule has 7 nitrogen and oxygen atoms in total. The highest BCUT2D eigenvalue weighted by atomic mass is 32.2. The van der Waals surface area contributed by atoms with Crippen LogP contribution in [0.1, 0.15) is 5.56 Å². The van der Waals surface area contributed by atoms with Gasteiger partial charge in [0.05, 0.1) is 10.6 Å². The van der Waals surface area contributed by atoms with E-state index in [0.29, 0.717) is 16.6 Å². The Kier molecular flexibility index (Phi) is 4.24. The average molecular weight is 344 g/mol. The summed E-state index contributed by atoms with van der Waals surface area (Å²) in [6.45, 7) is 1.75. The van der Waals surface area contributed by atoms with Gasteiger partial charge in [0.2, 0.25) is 0 Å². The second kappa shape index (κ2) is 6.34. The summed E-state index contributed by atoms with van der Waals surface area (Å²) in [5, 5.41) is 18.6. The van der Waals surface area contributed by atoms with E-state index in [2.05, 4.69) is 10.2 Å². The van der Waals surface area contributed by atoms with Crippen molar-refractivity contribution in [2.45, 2.75) is 11.8 Å². The number of aryl methyl sites for hydroxylation is 1. The molecule has 0 radical (unpaired) electrons. The van der Waals surface area contributed by atoms with Crippen molar-refractivity contribution >= 4 is 33.4 Å². The van der Waals surface area contributed by atoms with Crippen molar-refractivity contribution in [1.82, 2.24) is 0 Å². The van der Waals surface area contributed by atoms with E-state index in [1.807, 2.05) is 0 Å². The smallest absolute Gasteiger partial charge is 0.336 e. The van der Waals surface area contributed by atoms with Crippen LogP contribution in [0.2, 0.25) is 0 Å². The molecule has 0 amide bonds. The molecule has 8 heteroatoms. The van der Waals surface area contributed by atoms with Crippen LogP contribution >= 0.6 is 0 Å². The van der Waals surface area contributed by atoms with Gasteiger partial charge in [-0.15, -0.1) is 5.11 Å². The highest BCUT2D eigenvalue weighted by Gasteiger charge is 2.12. The first-order chi connectivity index (χ1) is 11.5. The first kappa shape index (κ1) is 16.0. The number of benzene rings is 2. The summed E-state index contributed by atoms with van der Waals surface area (Å²) >= 11 is -2.07. The van der Waals surface area contributed by atoms with Crippen LogP contribution in [-0.2, 0) is 11.1 Å². The topological polar surface area (TPSA) is 112 Å². The van der Waals surface area contributed by atoms with Crippen molar-refractivity contribution in [3.05, 3.63) is 58.4 Å². The Morgan fingerprint density at radius 1 is 1.08 bits per heavy atom. The molecule has 24 heavy (non-hydrogen) atoms. The number of fused-ring (bicyclic) bond motifs is 1. The molecule has 3 aromatic rings. The van der Waals surface area contributed by atoms with Crippen molar-refractivity contribution in [2.75, 3.05) is 0 Å². The fourth-order valence-electron chi connectivity index (χ4n) is 2.19. The van der Waals surface area contributed by atoms with Crippen molar-refractivity contribution in [3.63, 3.8) is 0 Å². The molecule has 0 spiro atoms. The lowest BCUT2D eigenvalue weighted by Crippen LogP contribution is -1.97. The van der Waals surface area contributed by atoms with Gasteiger partial charge < -0.3 is 14.1 Å². The maximum Gasteiger partial charge on any atom is 0.336 e. The Bertz CT molecular complexity index is 1030. The van der Waals surface area contributed by atoms with Gasteiger partial charge in [-0.05, 0) is 48.9 Å². The second-order valence-electron chi connectivity index (χ2n) is 5.00. The van der Waals surface area contributed by atoms with Crippen LogP contribution in [0.3, 0.4) is 0 Å². The highest BCUT2D eigenvalue weighted by molar-refractivity contribution is 7.79. The predicted molar refractivity (Wildman–Crippen MR) is 88.5 cm³/mol. The molecule has 0 aliphatic carbocycles. The molecule has 1 aromatic heterocycles. The lowest BCUT2D eigenvalue weighted by atomic mass is 10.1. The van der Waals surface area contributed by atoms with Gasteiger partial charge in [0.25, 0.3) is 0 Å². The van der Waals surface area contributed by atoms with Gasteiger partial charge in [0.1, 0.15) is 5.75 Å². The van der Waals surface area contributed by atoms with Gasteiger partial charge in [-0.25, -0.2) is 9.00 Å². The zero-order valence-electron chi connectivity index (χ0n) is 12.5. The van der Waals surface area contributed by atoms with Crippen molar-refractivity contribution in [2.24, 2.45) is 10.2 Å². The van der Waals surface area contributed by atoms with Gasteiger partial charge in [-0.2, -0.15) is 5.11 Å². The molecule has 0 saturated heterocycles. The second-order valence-corrected chi connectivity index (χ2v) is 5.97. The fourth-order valence-corrected chi connectivity index (χ4v) is 2.56. The summed E-state index contributed by atoms with van der Waals surface area (Å²) in [6, 6.07) is 10.3. The van der Waals surface area contributed by atoms with Crippen molar-refractivity contribution in [1.29, 1.82) is 0 Å². The summed E-state index contributed by atoms with van der Waals surface area (Å²) in [5.41, 5.74) is 0.764. The minimum atomic E-state index is -2.07. The number of aromatic hydroxyl groups is 1. The van der Waals surface area contributed by atoms with Crippen LogP contribution in [0.5, 0.6) is 5.75 Å². The van der Waals surface area contributed by atoms with Gasteiger partial charge in [0, 0.05) is 11.5 Å². The lowest BCUT2D eigenvalue weighted by Gasteiger charge is -2.04. The minimum Gasteiger partial charge on any atom is -0.505 e. The number of azo groups is 1. The lowest BCUT2D eigenvalue weighted by molar-refractivity contribution is 0.474. The number of hydrogen-bond acceptors (Lipinski definition) is 6.